The van der Waals surface area contributed by atoms with Crippen molar-refractivity contribution in [3.63, 3.8) is 0 Å². The number of aliphatic imine (C=N–C) groups is 1. The van der Waals surface area contributed by atoms with E-state index in [4.69, 9.17) is 9.47 Å². The molecule has 1 aliphatic heterocycles. The van der Waals surface area contributed by atoms with Crippen LogP contribution >= 0.6 is 0 Å². The van der Waals surface area contributed by atoms with E-state index >= 15 is 0 Å². The lowest BCUT2D eigenvalue weighted by molar-refractivity contribution is 0.254. The summed E-state index contributed by atoms with van der Waals surface area (Å²) in [7, 11) is 3.78. The molecule has 2 atom stereocenters. The summed E-state index contributed by atoms with van der Waals surface area (Å²) in [6.45, 7) is 11.7. The molecule has 0 fully saturated rings. The van der Waals surface area contributed by atoms with Crippen molar-refractivity contribution in [3.05, 3.63) is 40.2 Å². The summed E-state index contributed by atoms with van der Waals surface area (Å²) in [6, 6.07) is 4.43. The van der Waals surface area contributed by atoms with Gasteiger partial charge in [0.15, 0.2) is 5.96 Å². The number of fused-ring (bicyclic) bond motifs is 1. The average Bonchev–Trinajstić information content (AvgIpc) is 3.17. The summed E-state index contributed by atoms with van der Waals surface area (Å²) in [5.74, 6) is 2.63. The van der Waals surface area contributed by atoms with Gasteiger partial charge in [-0.3, -0.25) is 9.67 Å². The molecule has 2 unspecified atom stereocenters. The third-order valence-corrected chi connectivity index (χ3v) is 5.60. The van der Waals surface area contributed by atoms with Crippen LogP contribution in [0.3, 0.4) is 0 Å². The fourth-order valence-corrected chi connectivity index (χ4v) is 3.99. The summed E-state index contributed by atoms with van der Waals surface area (Å²) in [4.78, 5) is 4.40. The molecule has 1 aromatic carbocycles. The topological polar surface area (TPSA) is 72.7 Å². The monoisotopic (exact) mass is 413 g/mol. The zero-order valence-electron chi connectivity index (χ0n) is 19.3. The number of benzene rings is 1. The Hall–Kier alpha value is -2.70. The molecule has 0 radical (unpaired) electrons. The minimum Gasteiger partial charge on any atom is -0.494 e. The van der Waals surface area contributed by atoms with E-state index < -0.39 is 0 Å². The molecule has 3 rings (SSSR count). The molecule has 0 bridgehead atoms. The van der Waals surface area contributed by atoms with Crippen LogP contribution in [0.5, 0.6) is 11.5 Å². The van der Waals surface area contributed by atoms with Gasteiger partial charge in [0.25, 0.3) is 0 Å². The van der Waals surface area contributed by atoms with Gasteiger partial charge in [0.2, 0.25) is 0 Å². The van der Waals surface area contributed by atoms with E-state index in [0.717, 1.165) is 41.6 Å². The van der Waals surface area contributed by atoms with Crippen molar-refractivity contribution in [2.24, 2.45) is 12.0 Å². The summed E-state index contributed by atoms with van der Waals surface area (Å²) in [6.07, 6.45) is 2.03. The Morgan fingerprint density at radius 3 is 2.80 bits per heavy atom. The number of guanidine groups is 1. The Morgan fingerprint density at radius 1 is 1.40 bits per heavy atom. The highest BCUT2D eigenvalue weighted by Gasteiger charge is 2.22. The highest BCUT2D eigenvalue weighted by molar-refractivity contribution is 5.80. The molecule has 1 aliphatic rings. The molecule has 0 spiro atoms. The van der Waals surface area contributed by atoms with E-state index in [-0.39, 0.29) is 12.1 Å². The van der Waals surface area contributed by atoms with Crippen LogP contribution in [0.2, 0.25) is 0 Å². The predicted octanol–water partition coefficient (Wildman–Crippen LogP) is 3.06. The molecular formula is C23H35N5O2. The molecule has 2 aromatic rings. The third kappa shape index (κ3) is 4.89. The molecule has 0 aliphatic carbocycles. The third-order valence-electron chi connectivity index (χ3n) is 5.60. The zero-order chi connectivity index (χ0) is 21.8. The molecule has 1 aromatic heterocycles. The first kappa shape index (κ1) is 22.0. The van der Waals surface area contributed by atoms with Gasteiger partial charge in [-0.15, -0.1) is 0 Å². The first-order valence-electron chi connectivity index (χ1n) is 10.7. The largest absolute Gasteiger partial charge is 0.494 e. The molecule has 164 valence electrons. The van der Waals surface area contributed by atoms with Crippen LogP contribution in [0.1, 0.15) is 48.8 Å². The second kappa shape index (κ2) is 9.41. The molecule has 30 heavy (non-hydrogen) atoms. The Bertz CT molecular complexity index is 919. The van der Waals surface area contributed by atoms with E-state index in [0.29, 0.717) is 13.2 Å². The highest BCUT2D eigenvalue weighted by atomic mass is 16.5. The van der Waals surface area contributed by atoms with Crippen molar-refractivity contribution in [1.82, 2.24) is 20.4 Å². The molecule has 7 nitrogen and oxygen atoms in total. The number of aromatic nitrogens is 2. The van der Waals surface area contributed by atoms with Crippen molar-refractivity contribution in [2.45, 2.75) is 66.2 Å². The SMILES string of the molecule is CCOc1cc2c(cc1CNC(=NC)NC(C)Cc1c(C)nn(C)c1C)OC(C)C2. The lowest BCUT2D eigenvalue weighted by Gasteiger charge is -2.19. The number of ether oxygens (including phenoxy) is 2. The molecule has 0 amide bonds. The first-order chi connectivity index (χ1) is 14.3. The van der Waals surface area contributed by atoms with Crippen molar-refractivity contribution >= 4 is 5.96 Å². The number of aryl methyl sites for hydroxylation is 2. The van der Waals surface area contributed by atoms with Crippen molar-refractivity contribution < 1.29 is 9.47 Å². The van der Waals surface area contributed by atoms with Gasteiger partial charge in [-0.2, -0.15) is 5.10 Å². The fraction of sp³-hybridized carbons (Fsp3) is 0.565. The van der Waals surface area contributed by atoms with E-state index in [1.807, 2.05) is 18.7 Å². The van der Waals surface area contributed by atoms with Crippen LogP contribution in [0.4, 0.5) is 0 Å². The minimum atomic E-state index is 0.215. The van der Waals surface area contributed by atoms with Crippen LogP contribution in [0.15, 0.2) is 17.1 Å². The van der Waals surface area contributed by atoms with E-state index in [1.165, 1.54) is 16.8 Å². The molecular weight excluding hydrogens is 378 g/mol. The maximum Gasteiger partial charge on any atom is 0.191 e. The molecule has 0 saturated carbocycles. The van der Waals surface area contributed by atoms with Crippen molar-refractivity contribution in [1.29, 1.82) is 0 Å². The van der Waals surface area contributed by atoms with Crippen molar-refractivity contribution in [3.8, 4) is 11.5 Å². The van der Waals surface area contributed by atoms with Crippen LogP contribution < -0.4 is 20.1 Å². The normalized spacial score (nSPS) is 16.8. The van der Waals surface area contributed by atoms with E-state index in [2.05, 4.69) is 60.6 Å². The standard InChI is InChI=1S/C23H35N5O2/c1-8-29-21-11-18-10-15(3)30-22(18)12-19(21)13-25-23(24-6)26-14(2)9-20-16(4)27-28(7)17(20)5/h11-12,14-15H,8-10,13H2,1-7H3,(H2,24,25,26). The molecule has 2 heterocycles. The lowest BCUT2D eigenvalue weighted by Crippen LogP contribution is -2.42. The minimum absolute atomic E-state index is 0.215. The van der Waals surface area contributed by atoms with Crippen LogP contribution in [-0.4, -0.2) is 41.5 Å². The van der Waals surface area contributed by atoms with Gasteiger partial charge in [0.1, 0.15) is 17.6 Å². The molecule has 2 N–H and O–H groups in total. The number of rotatable bonds is 7. The predicted molar refractivity (Wildman–Crippen MR) is 121 cm³/mol. The Balaban J connectivity index is 1.65. The van der Waals surface area contributed by atoms with Gasteiger partial charge in [-0.05, 0) is 58.7 Å². The van der Waals surface area contributed by atoms with Crippen LogP contribution in [-0.2, 0) is 26.4 Å². The second-order valence-corrected chi connectivity index (χ2v) is 8.08. The van der Waals surface area contributed by atoms with Gasteiger partial charge in [-0.1, -0.05) is 0 Å². The summed E-state index contributed by atoms with van der Waals surface area (Å²) in [5.41, 5.74) is 5.86. The second-order valence-electron chi connectivity index (χ2n) is 8.08. The van der Waals surface area contributed by atoms with Gasteiger partial charge >= 0.3 is 0 Å². The van der Waals surface area contributed by atoms with Gasteiger partial charge in [0.05, 0.1) is 12.3 Å². The Labute approximate surface area is 179 Å². The Kier molecular flexibility index (Phi) is 6.90. The van der Waals surface area contributed by atoms with Gasteiger partial charge in [0, 0.05) is 49.9 Å². The first-order valence-corrected chi connectivity index (χ1v) is 10.7. The number of hydrogen-bond acceptors (Lipinski definition) is 4. The molecule has 0 saturated heterocycles. The maximum atomic E-state index is 5.93. The number of nitrogens with zero attached hydrogens (tertiary/aromatic N) is 3. The Morgan fingerprint density at radius 2 is 2.17 bits per heavy atom. The summed E-state index contributed by atoms with van der Waals surface area (Å²) < 4.78 is 13.8. The summed E-state index contributed by atoms with van der Waals surface area (Å²) in [5, 5.41) is 11.4. The van der Waals surface area contributed by atoms with Gasteiger partial charge < -0.3 is 20.1 Å². The summed E-state index contributed by atoms with van der Waals surface area (Å²) >= 11 is 0. The van der Waals surface area contributed by atoms with Crippen molar-refractivity contribution in [2.75, 3.05) is 13.7 Å². The smallest absolute Gasteiger partial charge is 0.191 e. The highest BCUT2D eigenvalue weighted by Crippen LogP contribution is 2.35. The van der Waals surface area contributed by atoms with Crippen LogP contribution in [0, 0.1) is 13.8 Å². The molecule has 7 heteroatoms. The maximum absolute atomic E-state index is 5.93. The number of nitrogens with one attached hydrogen (secondary N) is 2. The van der Waals surface area contributed by atoms with Gasteiger partial charge in [-0.25, -0.2) is 0 Å². The fourth-order valence-electron chi connectivity index (χ4n) is 3.99. The zero-order valence-corrected chi connectivity index (χ0v) is 19.3. The average molecular weight is 414 g/mol. The van der Waals surface area contributed by atoms with E-state index in [1.54, 1.807) is 7.05 Å². The lowest BCUT2D eigenvalue weighted by atomic mass is 10.1. The van der Waals surface area contributed by atoms with E-state index in [9.17, 15) is 0 Å². The quantitative estimate of drug-likeness (QED) is 0.539. The number of hydrogen-bond donors (Lipinski definition) is 2. The van der Waals surface area contributed by atoms with Crippen LogP contribution in [0.25, 0.3) is 0 Å².